The maximum atomic E-state index is 11.4. The third kappa shape index (κ3) is 6.37. The molecule has 2 amide bonds. The Bertz CT molecular complexity index is 361. The summed E-state index contributed by atoms with van der Waals surface area (Å²) in [6.07, 6.45) is 5.33. The van der Waals surface area contributed by atoms with E-state index in [9.17, 15) is 14.4 Å². The summed E-state index contributed by atoms with van der Waals surface area (Å²) in [7, 11) is 0. The molecule has 0 saturated carbocycles. The zero-order chi connectivity index (χ0) is 14.1. The maximum absolute atomic E-state index is 11.4. The standard InChI is InChI=1S/C11H16N2O5/c1-3-5-7(4-2)12-11(18)13-8(10(16)17)6-9(14)15/h1,7-8H,4-6H2,2H3,(H,14,15)(H,16,17)(H2,12,13,18)/t7?,8-/m1/s1. The van der Waals surface area contributed by atoms with Crippen LogP contribution in [0.4, 0.5) is 4.79 Å². The van der Waals surface area contributed by atoms with Gasteiger partial charge in [0.25, 0.3) is 0 Å². The number of carboxylic acids is 2. The molecule has 0 radical (unpaired) electrons. The molecule has 7 heteroatoms. The van der Waals surface area contributed by atoms with Crippen molar-refractivity contribution in [2.24, 2.45) is 0 Å². The lowest BCUT2D eigenvalue weighted by Gasteiger charge is -2.17. The molecule has 0 bridgehead atoms. The molecule has 0 aromatic carbocycles. The molecule has 0 saturated heterocycles. The van der Waals surface area contributed by atoms with Crippen LogP contribution in [0, 0.1) is 12.3 Å². The number of carboxylic acid groups (broad SMARTS) is 2. The quantitative estimate of drug-likeness (QED) is 0.479. The lowest BCUT2D eigenvalue weighted by atomic mass is 10.1. The molecule has 0 aliphatic heterocycles. The normalized spacial score (nSPS) is 12.9. The fourth-order valence-corrected chi connectivity index (χ4v) is 1.20. The van der Waals surface area contributed by atoms with Crippen molar-refractivity contribution in [2.75, 3.05) is 0 Å². The van der Waals surface area contributed by atoms with E-state index < -0.39 is 30.4 Å². The lowest BCUT2D eigenvalue weighted by Crippen LogP contribution is -2.49. The first-order chi connectivity index (χ1) is 8.40. The van der Waals surface area contributed by atoms with Crippen molar-refractivity contribution in [1.82, 2.24) is 10.6 Å². The number of hydrogen-bond acceptors (Lipinski definition) is 3. The first-order valence-electron chi connectivity index (χ1n) is 5.35. The monoisotopic (exact) mass is 256 g/mol. The Labute approximate surface area is 105 Å². The van der Waals surface area contributed by atoms with E-state index in [2.05, 4.69) is 16.6 Å². The molecular formula is C11H16N2O5. The van der Waals surface area contributed by atoms with Crippen molar-refractivity contribution >= 4 is 18.0 Å². The summed E-state index contributed by atoms with van der Waals surface area (Å²) in [4.78, 5) is 32.6. The number of aliphatic carboxylic acids is 2. The smallest absolute Gasteiger partial charge is 0.326 e. The van der Waals surface area contributed by atoms with Gasteiger partial charge in [0.05, 0.1) is 6.42 Å². The van der Waals surface area contributed by atoms with Crippen LogP contribution in [0.5, 0.6) is 0 Å². The topological polar surface area (TPSA) is 116 Å². The van der Waals surface area contributed by atoms with Crippen molar-refractivity contribution < 1.29 is 24.6 Å². The average molecular weight is 256 g/mol. The number of rotatable bonds is 7. The van der Waals surface area contributed by atoms with E-state index in [0.717, 1.165) is 0 Å². The van der Waals surface area contributed by atoms with E-state index in [4.69, 9.17) is 16.6 Å². The minimum atomic E-state index is -1.47. The fraction of sp³-hybridized carbons (Fsp3) is 0.545. The van der Waals surface area contributed by atoms with Gasteiger partial charge >= 0.3 is 18.0 Å². The summed E-state index contributed by atoms with van der Waals surface area (Å²) >= 11 is 0. The average Bonchev–Trinajstić information content (AvgIpc) is 2.26. The van der Waals surface area contributed by atoms with Crippen LogP contribution in [-0.2, 0) is 9.59 Å². The Hall–Kier alpha value is -2.23. The molecule has 100 valence electrons. The van der Waals surface area contributed by atoms with E-state index in [1.165, 1.54) is 0 Å². The molecule has 0 aromatic rings. The Balaban J connectivity index is 4.38. The van der Waals surface area contributed by atoms with E-state index in [0.29, 0.717) is 12.8 Å². The number of carbonyl (C=O) groups is 3. The number of amides is 2. The number of hydrogen-bond donors (Lipinski definition) is 4. The first-order valence-corrected chi connectivity index (χ1v) is 5.35. The van der Waals surface area contributed by atoms with Crippen molar-refractivity contribution in [3.8, 4) is 12.3 Å². The number of urea groups is 1. The third-order valence-corrected chi connectivity index (χ3v) is 2.17. The second kappa shape index (κ2) is 7.95. The molecule has 18 heavy (non-hydrogen) atoms. The summed E-state index contributed by atoms with van der Waals surface area (Å²) in [5.41, 5.74) is 0. The molecule has 0 aromatic heterocycles. The SMILES string of the molecule is C#CCC(CC)NC(=O)N[C@H](CC(=O)O)C(=O)O. The van der Waals surface area contributed by atoms with Gasteiger partial charge in [0, 0.05) is 12.5 Å². The highest BCUT2D eigenvalue weighted by molar-refractivity contribution is 5.86. The number of carbonyl (C=O) groups excluding carboxylic acids is 1. The maximum Gasteiger partial charge on any atom is 0.326 e. The highest BCUT2D eigenvalue weighted by Gasteiger charge is 2.23. The van der Waals surface area contributed by atoms with Crippen molar-refractivity contribution in [3.63, 3.8) is 0 Å². The third-order valence-electron chi connectivity index (χ3n) is 2.17. The second-order valence-electron chi connectivity index (χ2n) is 3.62. The molecule has 0 rings (SSSR count). The van der Waals surface area contributed by atoms with Crippen LogP contribution in [0.25, 0.3) is 0 Å². The van der Waals surface area contributed by atoms with Crippen molar-refractivity contribution in [1.29, 1.82) is 0 Å². The highest BCUT2D eigenvalue weighted by Crippen LogP contribution is 1.97. The van der Waals surface area contributed by atoms with Crippen LogP contribution in [0.15, 0.2) is 0 Å². The zero-order valence-electron chi connectivity index (χ0n) is 9.97. The highest BCUT2D eigenvalue weighted by atomic mass is 16.4. The minimum Gasteiger partial charge on any atom is -0.481 e. The molecule has 0 fully saturated rings. The number of nitrogens with one attached hydrogen (secondary N) is 2. The minimum absolute atomic E-state index is 0.269. The molecule has 0 spiro atoms. The van der Waals surface area contributed by atoms with Gasteiger partial charge in [-0.3, -0.25) is 4.79 Å². The van der Waals surface area contributed by atoms with Gasteiger partial charge in [-0.2, -0.15) is 0 Å². The van der Waals surface area contributed by atoms with Crippen molar-refractivity contribution in [3.05, 3.63) is 0 Å². The van der Waals surface area contributed by atoms with Gasteiger partial charge in [-0.05, 0) is 6.42 Å². The molecule has 0 aliphatic rings. The van der Waals surface area contributed by atoms with Gasteiger partial charge in [0.1, 0.15) is 6.04 Å². The van der Waals surface area contributed by atoms with E-state index in [1.54, 1.807) is 0 Å². The van der Waals surface area contributed by atoms with Crippen LogP contribution in [0.2, 0.25) is 0 Å². The van der Waals surface area contributed by atoms with Crippen molar-refractivity contribution in [2.45, 2.75) is 38.3 Å². The molecular weight excluding hydrogens is 240 g/mol. The predicted octanol–water partition coefficient (Wildman–Crippen LogP) is 0.0154. The Morgan fingerprint density at radius 2 is 1.89 bits per heavy atom. The van der Waals surface area contributed by atoms with Gasteiger partial charge in [-0.15, -0.1) is 12.3 Å². The van der Waals surface area contributed by atoms with Crippen LogP contribution < -0.4 is 10.6 Å². The first kappa shape index (κ1) is 15.8. The van der Waals surface area contributed by atoms with Gasteiger partial charge in [-0.1, -0.05) is 6.92 Å². The molecule has 1 unspecified atom stereocenters. The van der Waals surface area contributed by atoms with Gasteiger partial charge in [-0.25, -0.2) is 9.59 Å². The van der Waals surface area contributed by atoms with E-state index in [-0.39, 0.29) is 6.04 Å². The van der Waals surface area contributed by atoms with Crippen LogP contribution in [0.3, 0.4) is 0 Å². The molecule has 2 atom stereocenters. The Kier molecular flexibility index (Phi) is 6.96. The van der Waals surface area contributed by atoms with Gasteiger partial charge in [0.15, 0.2) is 0 Å². The van der Waals surface area contributed by atoms with Crippen LogP contribution in [0.1, 0.15) is 26.2 Å². The van der Waals surface area contributed by atoms with Crippen LogP contribution >= 0.6 is 0 Å². The van der Waals surface area contributed by atoms with E-state index in [1.807, 2.05) is 6.92 Å². The summed E-state index contributed by atoms with van der Waals surface area (Å²) in [5.74, 6) is -0.333. The molecule has 0 aliphatic carbocycles. The summed E-state index contributed by atoms with van der Waals surface area (Å²) in [6.45, 7) is 1.81. The number of terminal acetylenes is 1. The second-order valence-corrected chi connectivity index (χ2v) is 3.62. The van der Waals surface area contributed by atoms with Gasteiger partial charge < -0.3 is 20.8 Å². The predicted molar refractivity (Wildman–Crippen MR) is 62.9 cm³/mol. The van der Waals surface area contributed by atoms with Gasteiger partial charge in [0.2, 0.25) is 0 Å². The molecule has 7 nitrogen and oxygen atoms in total. The largest absolute Gasteiger partial charge is 0.481 e. The zero-order valence-corrected chi connectivity index (χ0v) is 9.97. The van der Waals surface area contributed by atoms with Crippen LogP contribution in [-0.4, -0.2) is 40.3 Å². The molecule has 4 N–H and O–H groups in total. The summed E-state index contributed by atoms with van der Waals surface area (Å²) < 4.78 is 0. The Morgan fingerprint density at radius 3 is 2.28 bits per heavy atom. The molecule has 0 heterocycles. The fourth-order valence-electron chi connectivity index (χ4n) is 1.20. The lowest BCUT2D eigenvalue weighted by molar-refractivity contribution is -0.145. The Morgan fingerprint density at radius 1 is 1.28 bits per heavy atom. The van der Waals surface area contributed by atoms with E-state index >= 15 is 0 Å². The summed E-state index contributed by atoms with van der Waals surface area (Å²) in [5, 5.41) is 21.8. The summed E-state index contributed by atoms with van der Waals surface area (Å²) in [6, 6.07) is -2.48.